The summed E-state index contributed by atoms with van der Waals surface area (Å²) in [5, 5.41) is 2.72. The van der Waals surface area contributed by atoms with E-state index >= 15 is 0 Å². The van der Waals surface area contributed by atoms with Crippen LogP contribution in [0.4, 0.5) is 5.69 Å². The van der Waals surface area contributed by atoms with E-state index in [0.717, 1.165) is 0 Å². The van der Waals surface area contributed by atoms with Gasteiger partial charge in [0.15, 0.2) is 9.84 Å². The van der Waals surface area contributed by atoms with Gasteiger partial charge in [0.05, 0.1) is 29.7 Å². The predicted octanol–water partition coefficient (Wildman–Crippen LogP) is 2.45. The molecule has 0 unspecified atom stereocenters. The highest BCUT2D eigenvalue weighted by Gasteiger charge is 2.12. The summed E-state index contributed by atoms with van der Waals surface area (Å²) in [6.07, 6.45) is 0.116. The van der Waals surface area contributed by atoms with Crippen molar-refractivity contribution < 1.29 is 22.7 Å². The predicted molar refractivity (Wildman–Crippen MR) is 94.3 cm³/mol. The summed E-state index contributed by atoms with van der Waals surface area (Å²) >= 11 is 0. The van der Waals surface area contributed by atoms with Crippen molar-refractivity contribution in [2.45, 2.75) is 18.2 Å². The zero-order chi connectivity index (χ0) is 18.4. The number of anilines is 1. The number of nitrogens with one attached hydrogen (secondary N) is 1. The molecule has 0 radical (unpaired) electrons. The van der Waals surface area contributed by atoms with E-state index in [1.807, 2.05) is 0 Å². The first-order valence-corrected chi connectivity index (χ1v) is 9.31. The molecule has 0 heterocycles. The molecule has 7 heteroatoms. The first-order valence-electron chi connectivity index (χ1n) is 7.65. The quantitative estimate of drug-likeness (QED) is 0.798. The Morgan fingerprint density at radius 2 is 1.60 bits per heavy atom. The van der Waals surface area contributed by atoms with Crippen LogP contribution in [-0.2, 0) is 25.8 Å². The summed E-state index contributed by atoms with van der Waals surface area (Å²) in [6.45, 7) is 1.59. The SMILES string of the molecule is CCS(=O)(=O)c1ccc(CC(=O)Nc2ccc(C(=O)OC)cc2)cc1. The second-order valence-electron chi connectivity index (χ2n) is 5.34. The number of benzene rings is 2. The van der Waals surface area contributed by atoms with Gasteiger partial charge >= 0.3 is 5.97 Å². The molecular formula is C18H19NO5S. The van der Waals surface area contributed by atoms with Crippen molar-refractivity contribution in [3.63, 3.8) is 0 Å². The number of hydrogen-bond donors (Lipinski definition) is 1. The van der Waals surface area contributed by atoms with Gasteiger partial charge < -0.3 is 10.1 Å². The van der Waals surface area contributed by atoms with Gasteiger partial charge in [0.1, 0.15) is 0 Å². The maximum atomic E-state index is 12.1. The number of rotatable bonds is 6. The van der Waals surface area contributed by atoms with Gasteiger partial charge in [-0.15, -0.1) is 0 Å². The van der Waals surface area contributed by atoms with E-state index in [1.165, 1.54) is 19.2 Å². The highest BCUT2D eigenvalue weighted by molar-refractivity contribution is 7.91. The normalized spacial score (nSPS) is 11.0. The van der Waals surface area contributed by atoms with Gasteiger partial charge in [0.25, 0.3) is 0 Å². The number of esters is 1. The third-order valence-electron chi connectivity index (χ3n) is 3.62. The van der Waals surface area contributed by atoms with Crippen molar-refractivity contribution >= 4 is 27.4 Å². The average molecular weight is 361 g/mol. The first-order chi connectivity index (χ1) is 11.9. The minimum Gasteiger partial charge on any atom is -0.465 e. The van der Waals surface area contributed by atoms with Crippen molar-refractivity contribution in [2.24, 2.45) is 0 Å². The second-order valence-corrected chi connectivity index (χ2v) is 7.62. The zero-order valence-electron chi connectivity index (χ0n) is 14.0. The Morgan fingerprint density at radius 3 is 2.12 bits per heavy atom. The third kappa shape index (κ3) is 4.90. The molecule has 2 aromatic carbocycles. The van der Waals surface area contributed by atoms with Crippen LogP contribution in [0.5, 0.6) is 0 Å². The number of sulfone groups is 1. The molecule has 2 rings (SSSR count). The van der Waals surface area contributed by atoms with Gasteiger partial charge in [-0.05, 0) is 42.0 Å². The van der Waals surface area contributed by atoms with E-state index in [-0.39, 0.29) is 23.0 Å². The van der Waals surface area contributed by atoms with Crippen LogP contribution in [0.3, 0.4) is 0 Å². The number of amides is 1. The van der Waals surface area contributed by atoms with E-state index in [1.54, 1.807) is 43.3 Å². The number of ether oxygens (including phenoxy) is 1. The molecule has 2 aromatic rings. The number of carbonyl (C=O) groups excluding carboxylic acids is 2. The molecule has 0 atom stereocenters. The molecule has 0 saturated heterocycles. The maximum Gasteiger partial charge on any atom is 0.337 e. The highest BCUT2D eigenvalue weighted by atomic mass is 32.2. The lowest BCUT2D eigenvalue weighted by Gasteiger charge is -2.07. The fraction of sp³-hybridized carbons (Fsp3) is 0.222. The monoisotopic (exact) mass is 361 g/mol. The van der Waals surface area contributed by atoms with Crippen LogP contribution in [0.2, 0.25) is 0 Å². The highest BCUT2D eigenvalue weighted by Crippen LogP contribution is 2.14. The first kappa shape index (κ1) is 18.7. The van der Waals surface area contributed by atoms with E-state index in [0.29, 0.717) is 16.8 Å². The van der Waals surface area contributed by atoms with Crippen molar-refractivity contribution in [3.05, 3.63) is 59.7 Å². The van der Waals surface area contributed by atoms with E-state index in [9.17, 15) is 18.0 Å². The van der Waals surface area contributed by atoms with E-state index in [4.69, 9.17) is 0 Å². The molecular weight excluding hydrogens is 342 g/mol. The lowest BCUT2D eigenvalue weighted by atomic mass is 10.1. The summed E-state index contributed by atoms with van der Waals surface area (Å²) in [7, 11) is -1.94. The van der Waals surface area contributed by atoms with E-state index in [2.05, 4.69) is 10.1 Å². The Balaban J connectivity index is 1.99. The Hall–Kier alpha value is -2.67. The van der Waals surface area contributed by atoms with Gasteiger partial charge in [0.2, 0.25) is 5.91 Å². The molecule has 0 aromatic heterocycles. The molecule has 25 heavy (non-hydrogen) atoms. The summed E-state index contributed by atoms with van der Waals surface area (Å²) in [6, 6.07) is 12.6. The lowest BCUT2D eigenvalue weighted by molar-refractivity contribution is -0.115. The largest absolute Gasteiger partial charge is 0.465 e. The number of methoxy groups -OCH3 is 1. The summed E-state index contributed by atoms with van der Waals surface area (Å²) in [5.74, 6) is -0.647. The van der Waals surface area contributed by atoms with Crippen molar-refractivity contribution in [2.75, 3.05) is 18.2 Å². The van der Waals surface area contributed by atoms with Crippen LogP contribution in [0.1, 0.15) is 22.8 Å². The zero-order valence-corrected chi connectivity index (χ0v) is 14.8. The van der Waals surface area contributed by atoms with Crippen molar-refractivity contribution in [1.29, 1.82) is 0 Å². The standard InChI is InChI=1S/C18H19NO5S/c1-3-25(22,23)16-10-4-13(5-11-16)12-17(20)19-15-8-6-14(7-9-15)18(21)24-2/h4-11H,3,12H2,1-2H3,(H,19,20). The van der Waals surface area contributed by atoms with Gasteiger partial charge in [-0.25, -0.2) is 13.2 Å². The van der Waals surface area contributed by atoms with Gasteiger partial charge in [-0.1, -0.05) is 19.1 Å². The molecule has 132 valence electrons. The Morgan fingerprint density at radius 1 is 1.00 bits per heavy atom. The molecule has 0 fully saturated rings. The topological polar surface area (TPSA) is 89.5 Å². The molecule has 0 saturated carbocycles. The molecule has 0 aliphatic carbocycles. The van der Waals surface area contributed by atoms with Gasteiger partial charge in [0, 0.05) is 5.69 Å². The molecule has 0 aliphatic rings. The lowest BCUT2D eigenvalue weighted by Crippen LogP contribution is -2.14. The molecule has 1 amide bonds. The average Bonchev–Trinajstić information content (AvgIpc) is 2.62. The molecule has 1 N–H and O–H groups in total. The van der Waals surface area contributed by atoms with Gasteiger partial charge in [-0.3, -0.25) is 4.79 Å². The number of carbonyl (C=O) groups is 2. The van der Waals surface area contributed by atoms with Crippen LogP contribution < -0.4 is 5.32 Å². The second kappa shape index (κ2) is 7.94. The van der Waals surface area contributed by atoms with Crippen LogP contribution in [0.25, 0.3) is 0 Å². The Bertz CT molecular complexity index is 855. The maximum absolute atomic E-state index is 12.1. The van der Waals surface area contributed by atoms with Crippen LogP contribution in [-0.4, -0.2) is 33.2 Å². The minimum absolute atomic E-state index is 0.0361. The fourth-order valence-electron chi connectivity index (χ4n) is 2.18. The Labute approximate surface area is 146 Å². The summed E-state index contributed by atoms with van der Waals surface area (Å²) < 4.78 is 28.1. The molecule has 0 spiro atoms. The van der Waals surface area contributed by atoms with Crippen LogP contribution in [0.15, 0.2) is 53.4 Å². The molecule has 6 nitrogen and oxygen atoms in total. The molecule has 0 bridgehead atoms. The van der Waals surface area contributed by atoms with Crippen molar-refractivity contribution in [3.8, 4) is 0 Å². The summed E-state index contributed by atoms with van der Waals surface area (Å²) in [5.41, 5.74) is 1.66. The van der Waals surface area contributed by atoms with Gasteiger partial charge in [-0.2, -0.15) is 0 Å². The number of hydrogen-bond acceptors (Lipinski definition) is 5. The molecule has 0 aliphatic heterocycles. The van der Waals surface area contributed by atoms with Crippen LogP contribution >= 0.6 is 0 Å². The van der Waals surface area contributed by atoms with E-state index < -0.39 is 15.8 Å². The Kier molecular flexibility index (Phi) is 5.93. The summed E-state index contributed by atoms with van der Waals surface area (Å²) in [4.78, 5) is 23.7. The third-order valence-corrected chi connectivity index (χ3v) is 5.37. The smallest absolute Gasteiger partial charge is 0.337 e. The van der Waals surface area contributed by atoms with Crippen LogP contribution in [0, 0.1) is 0 Å². The van der Waals surface area contributed by atoms with Crippen molar-refractivity contribution in [1.82, 2.24) is 0 Å². The fourth-order valence-corrected chi connectivity index (χ4v) is 3.06. The minimum atomic E-state index is -3.24.